The normalized spacial score (nSPS) is 11.5. The summed E-state index contributed by atoms with van der Waals surface area (Å²) in [6.45, 7) is 4.97. The van der Waals surface area contributed by atoms with E-state index in [1.165, 1.54) is 0 Å². The topological polar surface area (TPSA) is 58.6 Å². The van der Waals surface area contributed by atoms with Crippen molar-refractivity contribution in [1.82, 2.24) is 10.2 Å². The predicted octanol–water partition coefficient (Wildman–Crippen LogP) is 3.57. The summed E-state index contributed by atoms with van der Waals surface area (Å²) in [7, 11) is 1.61. The van der Waals surface area contributed by atoms with E-state index in [1.807, 2.05) is 68.4 Å². The van der Waals surface area contributed by atoms with Crippen LogP contribution in [0, 0.1) is 0 Å². The summed E-state index contributed by atoms with van der Waals surface area (Å²) in [5.74, 6) is 0.596. The minimum atomic E-state index is -0.488. The van der Waals surface area contributed by atoms with Crippen molar-refractivity contribution in [2.24, 2.45) is 0 Å². The lowest BCUT2D eigenvalue weighted by molar-refractivity contribution is -0.140. The van der Waals surface area contributed by atoms with Crippen LogP contribution in [0.25, 0.3) is 0 Å². The number of benzene rings is 2. The van der Waals surface area contributed by atoms with Crippen LogP contribution in [0.15, 0.2) is 54.6 Å². The van der Waals surface area contributed by atoms with Gasteiger partial charge in [-0.2, -0.15) is 0 Å². The van der Waals surface area contributed by atoms with E-state index < -0.39 is 6.04 Å². The summed E-state index contributed by atoms with van der Waals surface area (Å²) in [5, 5.41) is 2.93. The molecule has 0 bridgehead atoms. The highest BCUT2D eigenvalue weighted by Crippen LogP contribution is 2.16. The summed E-state index contributed by atoms with van der Waals surface area (Å²) in [6, 6.07) is 16.7. The quantitative estimate of drug-likeness (QED) is 0.683. The van der Waals surface area contributed by atoms with E-state index in [9.17, 15) is 9.59 Å². The van der Waals surface area contributed by atoms with Gasteiger partial charge in [0, 0.05) is 13.1 Å². The molecular weight excluding hydrogens is 352 g/mol. The second-order valence-electron chi connectivity index (χ2n) is 6.75. The molecule has 0 spiro atoms. The highest BCUT2D eigenvalue weighted by Gasteiger charge is 2.28. The van der Waals surface area contributed by atoms with Gasteiger partial charge in [0.1, 0.15) is 11.8 Å². The van der Waals surface area contributed by atoms with Crippen LogP contribution in [0.1, 0.15) is 37.8 Å². The summed E-state index contributed by atoms with van der Waals surface area (Å²) in [4.78, 5) is 27.5. The molecule has 0 saturated heterocycles. The van der Waals surface area contributed by atoms with Gasteiger partial charge in [0.05, 0.1) is 13.5 Å². The number of methoxy groups -OCH3 is 1. The number of nitrogens with one attached hydrogen (secondary N) is 1. The third-order valence-electron chi connectivity index (χ3n) is 4.65. The number of hydrogen-bond donors (Lipinski definition) is 1. The van der Waals surface area contributed by atoms with Crippen molar-refractivity contribution in [2.75, 3.05) is 13.7 Å². The maximum atomic E-state index is 13.2. The molecule has 0 aliphatic heterocycles. The molecular formula is C23H30N2O3. The third kappa shape index (κ3) is 6.12. The monoisotopic (exact) mass is 382 g/mol. The van der Waals surface area contributed by atoms with Crippen molar-refractivity contribution in [3.8, 4) is 5.75 Å². The van der Waals surface area contributed by atoms with Crippen LogP contribution in [0.5, 0.6) is 5.75 Å². The molecule has 0 aliphatic carbocycles. The molecule has 2 amide bonds. The molecule has 0 heterocycles. The van der Waals surface area contributed by atoms with Gasteiger partial charge in [0.25, 0.3) is 0 Å². The second-order valence-corrected chi connectivity index (χ2v) is 6.75. The molecule has 1 unspecified atom stereocenters. The van der Waals surface area contributed by atoms with Crippen LogP contribution in [-0.2, 0) is 22.6 Å². The molecule has 28 heavy (non-hydrogen) atoms. The molecule has 1 atom stereocenters. The first kappa shape index (κ1) is 21.5. The van der Waals surface area contributed by atoms with Crippen LogP contribution < -0.4 is 10.1 Å². The number of rotatable bonds is 10. The zero-order chi connectivity index (χ0) is 20.4. The Morgan fingerprint density at radius 3 is 2.25 bits per heavy atom. The smallest absolute Gasteiger partial charge is 0.242 e. The zero-order valence-electron chi connectivity index (χ0n) is 17.0. The van der Waals surface area contributed by atoms with E-state index >= 15 is 0 Å². The first-order valence-corrected chi connectivity index (χ1v) is 9.83. The van der Waals surface area contributed by atoms with Crippen LogP contribution >= 0.6 is 0 Å². The maximum absolute atomic E-state index is 13.2. The average molecular weight is 383 g/mol. The maximum Gasteiger partial charge on any atom is 0.242 e. The molecule has 0 aliphatic rings. The Bertz CT molecular complexity index is 744. The highest BCUT2D eigenvalue weighted by atomic mass is 16.5. The van der Waals surface area contributed by atoms with Crippen molar-refractivity contribution in [3.63, 3.8) is 0 Å². The Hall–Kier alpha value is -2.82. The van der Waals surface area contributed by atoms with Gasteiger partial charge in [-0.1, -0.05) is 56.3 Å². The Kier molecular flexibility index (Phi) is 8.53. The van der Waals surface area contributed by atoms with Crippen molar-refractivity contribution in [2.45, 2.75) is 45.7 Å². The minimum Gasteiger partial charge on any atom is -0.497 e. The van der Waals surface area contributed by atoms with Crippen molar-refractivity contribution in [1.29, 1.82) is 0 Å². The van der Waals surface area contributed by atoms with Crippen LogP contribution in [0.2, 0.25) is 0 Å². The van der Waals surface area contributed by atoms with Crippen molar-refractivity contribution >= 4 is 11.8 Å². The van der Waals surface area contributed by atoms with Gasteiger partial charge < -0.3 is 15.0 Å². The van der Waals surface area contributed by atoms with Gasteiger partial charge in [-0.25, -0.2) is 0 Å². The Labute approximate surface area is 167 Å². The van der Waals surface area contributed by atoms with Gasteiger partial charge in [-0.3, -0.25) is 9.59 Å². The fraction of sp³-hybridized carbons (Fsp3) is 0.391. The molecule has 2 rings (SSSR count). The third-order valence-corrected chi connectivity index (χ3v) is 4.65. The first-order valence-electron chi connectivity index (χ1n) is 9.83. The molecule has 150 valence electrons. The van der Waals surface area contributed by atoms with Gasteiger partial charge in [-0.15, -0.1) is 0 Å². The molecule has 0 saturated carbocycles. The lowest BCUT2D eigenvalue weighted by Gasteiger charge is -2.30. The Balaban J connectivity index is 2.21. The standard InChI is InChI=1S/C23H30N2O3/c1-4-15-24-23(27)21(5-2)25(17-19-9-7-6-8-10-19)22(26)16-18-11-13-20(28-3)14-12-18/h6-14,21H,4-5,15-17H2,1-3H3,(H,24,27). The molecule has 2 aromatic carbocycles. The SMILES string of the molecule is CCCNC(=O)C(CC)N(Cc1ccccc1)C(=O)Cc1ccc(OC)cc1. The Morgan fingerprint density at radius 1 is 1.00 bits per heavy atom. The largest absolute Gasteiger partial charge is 0.497 e. The van der Waals surface area contributed by atoms with Gasteiger partial charge in [0.2, 0.25) is 11.8 Å². The van der Waals surface area contributed by atoms with Crippen LogP contribution in [-0.4, -0.2) is 36.4 Å². The molecule has 0 aromatic heterocycles. The van der Waals surface area contributed by atoms with Gasteiger partial charge >= 0.3 is 0 Å². The molecule has 5 heteroatoms. The number of hydrogen-bond acceptors (Lipinski definition) is 3. The number of amides is 2. The molecule has 1 N–H and O–H groups in total. The zero-order valence-corrected chi connectivity index (χ0v) is 17.0. The summed E-state index contributed by atoms with van der Waals surface area (Å²) >= 11 is 0. The highest BCUT2D eigenvalue weighted by molar-refractivity contribution is 5.88. The summed E-state index contributed by atoms with van der Waals surface area (Å²) in [6.07, 6.45) is 1.67. The lowest BCUT2D eigenvalue weighted by atomic mass is 10.1. The molecule has 0 radical (unpaired) electrons. The van der Waals surface area contributed by atoms with Gasteiger partial charge in [0.15, 0.2) is 0 Å². The van der Waals surface area contributed by atoms with Gasteiger partial charge in [-0.05, 0) is 36.1 Å². The number of nitrogens with zero attached hydrogens (tertiary/aromatic N) is 1. The predicted molar refractivity (Wildman–Crippen MR) is 111 cm³/mol. The number of carbonyl (C=O) groups is 2. The first-order chi connectivity index (χ1) is 13.6. The van der Waals surface area contributed by atoms with E-state index in [1.54, 1.807) is 12.0 Å². The lowest BCUT2D eigenvalue weighted by Crippen LogP contribution is -2.49. The van der Waals surface area contributed by atoms with E-state index in [2.05, 4.69) is 5.32 Å². The summed E-state index contributed by atoms with van der Waals surface area (Å²) in [5.41, 5.74) is 1.90. The molecule has 0 fully saturated rings. The fourth-order valence-corrected chi connectivity index (χ4v) is 3.09. The van der Waals surface area contributed by atoms with E-state index in [0.717, 1.165) is 23.3 Å². The average Bonchev–Trinajstić information content (AvgIpc) is 2.73. The second kappa shape index (κ2) is 11.1. The van der Waals surface area contributed by atoms with E-state index in [0.29, 0.717) is 19.5 Å². The number of ether oxygens (including phenoxy) is 1. The summed E-state index contributed by atoms with van der Waals surface area (Å²) < 4.78 is 5.18. The van der Waals surface area contributed by atoms with Crippen LogP contribution in [0.4, 0.5) is 0 Å². The number of carbonyl (C=O) groups excluding carboxylic acids is 2. The van der Waals surface area contributed by atoms with E-state index in [-0.39, 0.29) is 18.2 Å². The Morgan fingerprint density at radius 2 is 1.68 bits per heavy atom. The minimum absolute atomic E-state index is 0.0625. The van der Waals surface area contributed by atoms with Crippen LogP contribution in [0.3, 0.4) is 0 Å². The fourth-order valence-electron chi connectivity index (χ4n) is 3.09. The molecule has 2 aromatic rings. The van der Waals surface area contributed by atoms with Crippen molar-refractivity contribution in [3.05, 3.63) is 65.7 Å². The van der Waals surface area contributed by atoms with Crippen molar-refractivity contribution < 1.29 is 14.3 Å². The molecule has 5 nitrogen and oxygen atoms in total. The van der Waals surface area contributed by atoms with E-state index in [4.69, 9.17) is 4.74 Å².